The normalized spacial score (nSPS) is 11.3. The predicted octanol–water partition coefficient (Wildman–Crippen LogP) is 4.53. The first-order valence-electron chi connectivity index (χ1n) is 8.63. The van der Waals surface area contributed by atoms with Gasteiger partial charge in [0.2, 0.25) is 0 Å². The fourth-order valence-corrected chi connectivity index (χ4v) is 2.85. The third kappa shape index (κ3) is 4.35. The van der Waals surface area contributed by atoms with Crippen LogP contribution >= 0.6 is 0 Å². The van der Waals surface area contributed by atoms with Gasteiger partial charge in [-0.3, -0.25) is 0 Å². The number of carbonyl (C=O) groups is 1. The van der Waals surface area contributed by atoms with Crippen molar-refractivity contribution in [1.82, 2.24) is 0 Å². The molecule has 2 aromatic carbocycles. The van der Waals surface area contributed by atoms with Crippen LogP contribution < -0.4 is 9.47 Å². The lowest BCUT2D eigenvalue weighted by Crippen LogP contribution is -2.04. The minimum absolute atomic E-state index is 0.121. The van der Waals surface area contributed by atoms with Gasteiger partial charge in [-0.05, 0) is 41.5 Å². The molecule has 2 aromatic rings. The number of carbonyl (C=O) groups excluding carboxylic acids is 1. The van der Waals surface area contributed by atoms with Crippen molar-refractivity contribution in [2.45, 2.75) is 26.7 Å². The SMILES string of the molecule is CCOC(=O)/C=C\c1cc(OC)c(OCOC)c2c(C(C)C)cccc12. The van der Waals surface area contributed by atoms with Gasteiger partial charge in [-0.15, -0.1) is 0 Å². The van der Waals surface area contributed by atoms with Crippen LogP contribution in [0.25, 0.3) is 16.8 Å². The molecule has 0 aliphatic rings. The fourth-order valence-electron chi connectivity index (χ4n) is 2.85. The van der Waals surface area contributed by atoms with E-state index in [1.807, 2.05) is 18.2 Å². The molecule has 0 radical (unpaired) electrons. The van der Waals surface area contributed by atoms with Crippen molar-refractivity contribution in [1.29, 1.82) is 0 Å². The summed E-state index contributed by atoms with van der Waals surface area (Å²) < 4.78 is 21.4. The van der Waals surface area contributed by atoms with Crippen molar-refractivity contribution in [2.75, 3.05) is 27.6 Å². The largest absolute Gasteiger partial charge is 0.493 e. The summed E-state index contributed by atoms with van der Waals surface area (Å²) in [7, 11) is 3.17. The van der Waals surface area contributed by atoms with Crippen LogP contribution in [0.4, 0.5) is 0 Å². The molecule has 0 aromatic heterocycles. The molecule has 0 aliphatic heterocycles. The molecule has 5 nitrogen and oxygen atoms in total. The second-order valence-corrected chi connectivity index (χ2v) is 6.06. The topological polar surface area (TPSA) is 54.0 Å². The average Bonchev–Trinajstić information content (AvgIpc) is 2.64. The van der Waals surface area contributed by atoms with Crippen LogP contribution in [0.15, 0.2) is 30.3 Å². The van der Waals surface area contributed by atoms with Crippen molar-refractivity contribution in [3.05, 3.63) is 41.5 Å². The molecular formula is C21H26O5. The molecule has 0 N–H and O–H groups in total. The quantitative estimate of drug-likeness (QED) is 0.394. The molecule has 0 fully saturated rings. The van der Waals surface area contributed by atoms with Crippen LogP contribution in [0, 0.1) is 0 Å². The van der Waals surface area contributed by atoms with E-state index in [0.717, 1.165) is 21.9 Å². The molecule has 0 saturated heterocycles. The Morgan fingerprint density at radius 1 is 1.23 bits per heavy atom. The van der Waals surface area contributed by atoms with E-state index >= 15 is 0 Å². The summed E-state index contributed by atoms with van der Waals surface area (Å²) in [5.41, 5.74) is 2.00. The van der Waals surface area contributed by atoms with Gasteiger partial charge >= 0.3 is 5.97 Å². The Bertz CT molecular complexity index is 793. The van der Waals surface area contributed by atoms with Crippen molar-refractivity contribution >= 4 is 22.8 Å². The van der Waals surface area contributed by atoms with Crippen molar-refractivity contribution in [3.63, 3.8) is 0 Å². The molecule has 0 heterocycles. The van der Waals surface area contributed by atoms with Gasteiger partial charge in [0.05, 0.1) is 13.7 Å². The Kier molecular flexibility index (Phi) is 7.04. The summed E-state index contributed by atoms with van der Waals surface area (Å²) in [5.74, 6) is 1.14. The van der Waals surface area contributed by atoms with Crippen LogP contribution in [-0.4, -0.2) is 33.6 Å². The molecule has 26 heavy (non-hydrogen) atoms. The number of esters is 1. The Hall–Kier alpha value is -2.53. The van der Waals surface area contributed by atoms with Crippen molar-refractivity contribution in [2.24, 2.45) is 0 Å². The molecule has 0 aliphatic carbocycles. The van der Waals surface area contributed by atoms with Crippen LogP contribution in [0.2, 0.25) is 0 Å². The molecule has 0 unspecified atom stereocenters. The third-order valence-electron chi connectivity index (χ3n) is 3.99. The highest BCUT2D eigenvalue weighted by atomic mass is 16.7. The van der Waals surface area contributed by atoms with Crippen LogP contribution in [0.5, 0.6) is 11.5 Å². The number of ether oxygens (including phenoxy) is 4. The van der Waals surface area contributed by atoms with Gasteiger partial charge in [-0.1, -0.05) is 32.0 Å². The van der Waals surface area contributed by atoms with E-state index in [0.29, 0.717) is 18.1 Å². The van der Waals surface area contributed by atoms with Gasteiger partial charge < -0.3 is 18.9 Å². The molecule has 0 atom stereocenters. The lowest BCUT2D eigenvalue weighted by atomic mass is 9.92. The van der Waals surface area contributed by atoms with E-state index in [1.54, 1.807) is 27.2 Å². The second-order valence-electron chi connectivity index (χ2n) is 6.06. The van der Waals surface area contributed by atoms with Crippen molar-refractivity contribution in [3.8, 4) is 11.5 Å². The highest BCUT2D eigenvalue weighted by molar-refractivity contribution is 6.01. The minimum atomic E-state index is -0.376. The first kappa shape index (κ1) is 19.8. The third-order valence-corrected chi connectivity index (χ3v) is 3.99. The minimum Gasteiger partial charge on any atom is -0.493 e. The number of rotatable bonds is 8. The maximum Gasteiger partial charge on any atom is 0.330 e. The summed E-state index contributed by atoms with van der Waals surface area (Å²) in [6.07, 6.45) is 3.17. The van der Waals surface area contributed by atoms with Gasteiger partial charge in [0.1, 0.15) is 0 Å². The summed E-state index contributed by atoms with van der Waals surface area (Å²) in [4.78, 5) is 11.7. The molecule has 140 valence electrons. The smallest absolute Gasteiger partial charge is 0.330 e. The monoisotopic (exact) mass is 358 g/mol. The van der Waals surface area contributed by atoms with Crippen LogP contribution in [0.3, 0.4) is 0 Å². The Morgan fingerprint density at radius 2 is 2.00 bits per heavy atom. The molecule has 0 spiro atoms. The summed E-state index contributed by atoms with van der Waals surface area (Å²) in [5, 5.41) is 1.94. The highest BCUT2D eigenvalue weighted by Crippen LogP contribution is 2.42. The van der Waals surface area contributed by atoms with E-state index in [-0.39, 0.29) is 18.7 Å². The van der Waals surface area contributed by atoms with E-state index in [9.17, 15) is 4.79 Å². The molecule has 5 heteroatoms. The van der Waals surface area contributed by atoms with Gasteiger partial charge in [0, 0.05) is 18.6 Å². The summed E-state index contributed by atoms with van der Waals surface area (Å²) in [6.45, 7) is 6.50. The standard InChI is InChI=1S/C21H26O5/c1-6-25-19(22)11-10-15-12-18(24-5)21(26-13-23-4)20-16(14(2)3)8-7-9-17(15)20/h7-12,14H,6,13H2,1-5H3/b11-10-. The lowest BCUT2D eigenvalue weighted by molar-refractivity contribution is -0.137. The van der Waals surface area contributed by atoms with E-state index in [2.05, 4.69) is 19.9 Å². The van der Waals surface area contributed by atoms with Crippen molar-refractivity contribution < 1.29 is 23.7 Å². The van der Waals surface area contributed by atoms with Gasteiger partial charge in [0.25, 0.3) is 0 Å². The zero-order chi connectivity index (χ0) is 19.1. The van der Waals surface area contributed by atoms with E-state index in [4.69, 9.17) is 18.9 Å². The zero-order valence-electron chi connectivity index (χ0n) is 16.0. The maximum absolute atomic E-state index is 11.7. The number of methoxy groups -OCH3 is 2. The number of benzene rings is 2. The molecule has 0 amide bonds. The fraction of sp³-hybridized carbons (Fsp3) is 0.381. The number of hydrogen-bond donors (Lipinski definition) is 0. The maximum atomic E-state index is 11.7. The molecular weight excluding hydrogens is 332 g/mol. The van der Waals surface area contributed by atoms with E-state index in [1.165, 1.54) is 6.08 Å². The first-order valence-corrected chi connectivity index (χ1v) is 8.63. The molecule has 0 saturated carbocycles. The predicted molar refractivity (Wildman–Crippen MR) is 103 cm³/mol. The first-order chi connectivity index (χ1) is 12.5. The van der Waals surface area contributed by atoms with Gasteiger partial charge in [-0.2, -0.15) is 0 Å². The average molecular weight is 358 g/mol. The van der Waals surface area contributed by atoms with Gasteiger partial charge in [-0.25, -0.2) is 4.79 Å². The van der Waals surface area contributed by atoms with E-state index < -0.39 is 0 Å². The van der Waals surface area contributed by atoms with Gasteiger partial charge in [0.15, 0.2) is 18.3 Å². The van der Waals surface area contributed by atoms with Crippen LogP contribution in [-0.2, 0) is 14.3 Å². The molecule has 0 bridgehead atoms. The molecule has 2 rings (SSSR count). The number of fused-ring (bicyclic) bond motifs is 1. The second kappa shape index (κ2) is 9.25. The summed E-state index contributed by atoms with van der Waals surface area (Å²) in [6, 6.07) is 7.94. The lowest BCUT2D eigenvalue weighted by Gasteiger charge is -2.19. The number of hydrogen-bond acceptors (Lipinski definition) is 5. The highest BCUT2D eigenvalue weighted by Gasteiger charge is 2.18. The summed E-state index contributed by atoms with van der Waals surface area (Å²) >= 11 is 0. The Morgan fingerprint density at radius 3 is 2.62 bits per heavy atom. The Labute approximate surface area is 154 Å². The van der Waals surface area contributed by atoms with Crippen LogP contribution in [0.1, 0.15) is 37.8 Å². The Balaban J connectivity index is 2.71. The zero-order valence-corrected chi connectivity index (χ0v) is 16.0.